The Labute approximate surface area is 93.5 Å². The smallest absolute Gasteiger partial charge is 0.267 e. The molecule has 1 aromatic rings. The minimum Gasteiger partial charge on any atom is -0.389 e. The summed E-state index contributed by atoms with van der Waals surface area (Å²) in [6.07, 6.45) is 0.549. The van der Waals surface area contributed by atoms with E-state index in [-0.39, 0.29) is 6.42 Å². The topological polar surface area (TPSA) is 83.6 Å². The zero-order valence-electron chi connectivity index (χ0n) is 8.80. The number of rotatable bonds is 6. The van der Waals surface area contributed by atoms with Crippen molar-refractivity contribution in [2.45, 2.75) is 18.4 Å². The maximum Gasteiger partial charge on any atom is 0.267 e. The second-order valence-corrected chi connectivity index (χ2v) is 3.71. The van der Waals surface area contributed by atoms with Crippen molar-refractivity contribution in [2.24, 2.45) is 0 Å². The van der Waals surface area contributed by atoms with E-state index in [1.807, 2.05) is 0 Å². The molecule has 1 rings (SSSR count). The Morgan fingerprint density at radius 3 is 2.31 bits per heavy atom. The van der Waals surface area contributed by atoms with Gasteiger partial charge in [-0.15, -0.1) is 0 Å². The van der Waals surface area contributed by atoms with E-state index in [1.165, 1.54) is 0 Å². The lowest BCUT2D eigenvalue weighted by Gasteiger charge is -2.20. The van der Waals surface area contributed by atoms with Crippen LogP contribution in [0.4, 0.5) is 0 Å². The number of hydrogen-bond donors (Lipinski definition) is 2. The number of nitrogens with zero attached hydrogens (tertiary/aromatic N) is 1. The lowest BCUT2D eigenvalue weighted by Crippen LogP contribution is -2.46. The monoisotopic (exact) mass is 224 g/mol. The highest BCUT2D eigenvalue weighted by atomic mass is 16.6. The van der Waals surface area contributed by atoms with Crippen molar-refractivity contribution in [2.75, 3.05) is 13.2 Å². The Balaban J connectivity index is 2.67. The molecule has 0 spiro atoms. The van der Waals surface area contributed by atoms with Crippen LogP contribution in [0.1, 0.15) is 12.0 Å². The molecule has 0 amide bonds. The second kappa shape index (κ2) is 5.58. The highest BCUT2D eigenvalue weighted by molar-refractivity contribution is 5.14. The van der Waals surface area contributed by atoms with Gasteiger partial charge in [-0.3, -0.25) is 10.1 Å². The SMILES string of the molecule is O=[N+]([O-])C(CO)(CO)CCc1cc[c]cc1. The first-order chi connectivity index (χ1) is 7.64. The summed E-state index contributed by atoms with van der Waals surface area (Å²) in [5.41, 5.74) is -0.716. The lowest BCUT2D eigenvalue weighted by atomic mass is 9.93. The molecular weight excluding hydrogens is 210 g/mol. The van der Waals surface area contributed by atoms with Crippen LogP contribution in [0.15, 0.2) is 24.3 Å². The molecule has 0 unspecified atom stereocenters. The summed E-state index contributed by atoms with van der Waals surface area (Å²) in [5, 5.41) is 28.8. The first kappa shape index (κ1) is 12.6. The molecule has 0 heterocycles. The van der Waals surface area contributed by atoms with Crippen LogP contribution in [0, 0.1) is 16.2 Å². The Hall–Kier alpha value is -1.46. The van der Waals surface area contributed by atoms with E-state index < -0.39 is 23.7 Å². The van der Waals surface area contributed by atoms with Gasteiger partial charge in [-0.2, -0.15) is 0 Å². The van der Waals surface area contributed by atoms with E-state index in [0.29, 0.717) is 6.42 Å². The van der Waals surface area contributed by atoms with Gasteiger partial charge in [0.15, 0.2) is 0 Å². The van der Waals surface area contributed by atoms with Crippen molar-refractivity contribution in [3.8, 4) is 0 Å². The summed E-state index contributed by atoms with van der Waals surface area (Å²) in [7, 11) is 0. The molecule has 87 valence electrons. The Kier molecular flexibility index (Phi) is 4.39. The first-order valence-corrected chi connectivity index (χ1v) is 4.96. The molecule has 2 N–H and O–H groups in total. The van der Waals surface area contributed by atoms with Crippen LogP contribution >= 0.6 is 0 Å². The number of aryl methyl sites for hydroxylation is 1. The zero-order chi connectivity index (χ0) is 12.0. The van der Waals surface area contributed by atoms with Crippen molar-refractivity contribution in [3.05, 3.63) is 46.0 Å². The van der Waals surface area contributed by atoms with E-state index in [4.69, 9.17) is 10.2 Å². The fraction of sp³-hybridized carbons (Fsp3) is 0.455. The Bertz CT molecular complexity index is 335. The fourth-order valence-electron chi connectivity index (χ4n) is 1.38. The average Bonchev–Trinajstić information content (AvgIpc) is 2.32. The van der Waals surface area contributed by atoms with Crippen molar-refractivity contribution in [1.29, 1.82) is 0 Å². The molecule has 0 aliphatic rings. The van der Waals surface area contributed by atoms with Crippen LogP contribution in [0.25, 0.3) is 0 Å². The van der Waals surface area contributed by atoms with Gasteiger partial charge in [-0.05, 0) is 18.1 Å². The molecule has 1 aromatic carbocycles. The van der Waals surface area contributed by atoms with Gasteiger partial charge in [0.25, 0.3) is 5.54 Å². The standard InChI is InChI=1S/C11H14NO4/c13-8-11(9-14,12(15)16)7-6-10-4-2-1-3-5-10/h2-5,13-14H,6-9H2. The Morgan fingerprint density at radius 2 is 1.88 bits per heavy atom. The molecule has 0 aliphatic heterocycles. The van der Waals surface area contributed by atoms with Crippen molar-refractivity contribution in [1.82, 2.24) is 0 Å². The van der Waals surface area contributed by atoms with Gasteiger partial charge in [0.1, 0.15) is 13.2 Å². The number of aliphatic hydroxyl groups excluding tert-OH is 2. The van der Waals surface area contributed by atoms with E-state index in [2.05, 4.69) is 6.07 Å². The van der Waals surface area contributed by atoms with Crippen molar-refractivity contribution < 1.29 is 15.1 Å². The third-order valence-corrected chi connectivity index (χ3v) is 2.64. The molecule has 0 saturated carbocycles. The van der Waals surface area contributed by atoms with Gasteiger partial charge in [0.05, 0.1) is 0 Å². The van der Waals surface area contributed by atoms with Crippen LogP contribution in [-0.2, 0) is 6.42 Å². The molecule has 0 fully saturated rings. The Morgan fingerprint density at radius 1 is 1.31 bits per heavy atom. The highest BCUT2D eigenvalue weighted by Gasteiger charge is 2.41. The molecular formula is C11H14NO4. The van der Waals surface area contributed by atoms with Crippen molar-refractivity contribution in [3.63, 3.8) is 0 Å². The van der Waals surface area contributed by atoms with Gasteiger partial charge in [0.2, 0.25) is 0 Å². The largest absolute Gasteiger partial charge is 0.389 e. The van der Waals surface area contributed by atoms with Crippen molar-refractivity contribution >= 4 is 0 Å². The lowest BCUT2D eigenvalue weighted by molar-refractivity contribution is -0.578. The third kappa shape index (κ3) is 2.77. The molecule has 0 bridgehead atoms. The van der Waals surface area contributed by atoms with E-state index >= 15 is 0 Å². The number of benzene rings is 1. The second-order valence-electron chi connectivity index (χ2n) is 3.71. The number of hydrogen-bond acceptors (Lipinski definition) is 4. The predicted octanol–water partition coefficient (Wildman–Crippen LogP) is 0.419. The first-order valence-electron chi connectivity index (χ1n) is 4.96. The molecule has 16 heavy (non-hydrogen) atoms. The molecule has 0 aromatic heterocycles. The van der Waals surface area contributed by atoms with Crippen LogP contribution in [0.3, 0.4) is 0 Å². The highest BCUT2D eigenvalue weighted by Crippen LogP contribution is 2.17. The third-order valence-electron chi connectivity index (χ3n) is 2.64. The molecule has 0 atom stereocenters. The summed E-state index contributed by atoms with van der Waals surface area (Å²) in [5.74, 6) is 0. The molecule has 1 radical (unpaired) electrons. The summed E-state index contributed by atoms with van der Waals surface area (Å²) < 4.78 is 0. The average molecular weight is 224 g/mol. The van der Waals surface area contributed by atoms with Crippen LogP contribution in [0.2, 0.25) is 0 Å². The quantitative estimate of drug-likeness (QED) is 0.541. The molecule has 5 nitrogen and oxygen atoms in total. The summed E-state index contributed by atoms with van der Waals surface area (Å²) in [6, 6.07) is 9.90. The zero-order valence-corrected chi connectivity index (χ0v) is 8.80. The van der Waals surface area contributed by atoms with E-state index in [9.17, 15) is 10.1 Å². The number of aliphatic hydroxyl groups is 2. The van der Waals surface area contributed by atoms with Gasteiger partial charge in [0, 0.05) is 11.3 Å². The molecule has 0 saturated heterocycles. The van der Waals surface area contributed by atoms with Crippen LogP contribution in [0.5, 0.6) is 0 Å². The minimum absolute atomic E-state index is 0.108. The molecule has 0 aliphatic carbocycles. The van der Waals surface area contributed by atoms with Gasteiger partial charge in [-0.25, -0.2) is 0 Å². The van der Waals surface area contributed by atoms with Gasteiger partial charge in [-0.1, -0.05) is 24.3 Å². The van der Waals surface area contributed by atoms with Gasteiger partial charge >= 0.3 is 0 Å². The maximum atomic E-state index is 10.8. The van der Waals surface area contributed by atoms with Crippen LogP contribution in [-0.4, -0.2) is 33.9 Å². The van der Waals surface area contributed by atoms with Crippen LogP contribution < -0.4 is 0 Å². The van der Waals surface area contributed by atoms with E-state index in [0.717, 1.165) is 5.56 Å². The summed E-state index contributed by atoms with van der Waals surface area (Å²) in [4.78, 5) is 10.2. The van der Waals surface area contributed by atoms with E-state index in [1.54, 1.807) is 24.3 Å². The van der Waals surface area contributed by atoms with Gasteiger partial charge < -0.3 is 10.2 Å². The minimum atomic E-state index is -1.64. The normalized spacial score (nSPS) is 11.4. The summed E-state index contributed by atoms with van der Waals surface area (Å²) >= 11 is 0. The fourth-order valence-corrected chi connectivity index (χ4v) is 1.38. The number of nitro groups is 1. The summed E-state index contributed by atoms with van der Waals surface area (Å²) in [6.45, 7) is -1.31. The predicted molar refractivity (Wildman–Crippen MR) is 57.5 cm³/mol. The molecule has 5 heteroatoms. The maximum absolute atomic E-state index is 10.8.